The number of pyridine rings is 1. The largest absolute Gasteiger partial charge is 0.496 e. The number of carbonyl (C=O) groups excluding carboxylic acids is 1. The van der Waals surface area contributed by atoms with Crippen molar-refractivity contribution in [1.82, 2.24) is 14.5 Å². The van der Waals surface area contributed by atoms with E-state index in [1.807, 2.05) is 48.0 Å². The van der Waals surface area contributed by atoms with Gasteiger partial charge in [0.1, 0.15) is 11.6 Å². The van der Waals surface area contributed by atoms with Crippen LogP contribution < -0.4 is 10.1 Å². The third-order valence-corrected chi connectivity index (χ3v) is 3.66. The molecule has 0 atom stereocenters. The first-order valence-corrected chi connectivity index (χ1v) is 7.56. The van der Waals surface area contributed by atoms with Crippen molar-refractivity contribution in [2.45, 2.75) is 13.3 Å². The van der Waals surface area contributed by atoms with Gasteiger partial charge in [0.25, 0.3) is 0 Å². The average Bonchev–Trinajstić information content (AvgIpc) is 3.01. The standard InChI is InChI=1S/C18H18N4O2/c1-13-19-10-11-22(13)18-15(7-5-9-20-18)21-17(23)12-14-6-3-4-8-16(14)24-2/h3-11H,12H2,1-2H3,(H,21,23). The molecule has 1 amide bonds. The van der Waals surface area contributed by atoms with Gasteiger partial charge in [-0.1, -0.05) is 18.2 Å². The topological polar surface area (TPSA) is 69.0 Å². The van der Waals surface area contributed by atoms with Crippen LogP contribution in [0.1, 0.15) is 11.4 Å². The number of aromatic nitrogens is 3. The maximum Gasteiger partial charge on any atom is 0.229 e. The minimum atomic E-state index is -0.133. The molecule has 3 aromatic rings. The van der Waals surface area contributed by atoms with Gasteiger partial charge in [-0.05, 0) is 25.1 Å². The highest BCUT2D eigenvalue weighted by Gasteiger charge is 2.13. The van der Waals surface area contributed by atoms with Crippen LogP contribution in [-0.4, -0.2) is 27.6 Å². The van der Waals surface area contributed by atoms with Crippen molar-refractivity contribution in [2.24, 2.45) is 0 Å². The number of nitrogens with one attached hydrogen (secondary N) is 1. The normalized spacial score (nSPS) is 10.4. The zero-order valence-electron chi connectivity index (χ0n) is 13.6. The molecule has 0 aliphatic heterocycles. The van der Waals surface area contributed by atoms with Gasteiger partial charge in [-0.2, -0.15) is 0 Å². The molecule has 3 rings (SSSR count). The molecule has 0 fully saturated rings. The molecule has 1 N–H and O–H groups in total. The highest BCUT2D eigenvalue weighted by atomic mass is 16.5. The molecule has 0 aliphatic carbocycles. The molecule has 24 heavy (non-hydrogen) atoms. The van der Waals surface area contributed by atoms with Crippen LogP contribution in [0.5, 0.6) is 5.75 Å². The summed E-state index contributed by atoms with van der Waals surface area (Å²) in [4.78, 5) is 21.0. The minimum Gasteiger partial charge on any atom is -0.496 e. The van der Waals surface area contributed by atoms with Crippen LogP contribution in [0, 0.1) is 6.92 Å². The van der Waals surface area contributed by atoms with Gasteiger partial charge in [-0.25, -0.2) is 9.97 Å². The van der Waals surface area contributed by atoms with E-state index in [4.69, 9.17) is 4.74 Å². The summed E-state index contributed by atoms with van der Waals surface area (Å²) in [5.74, 6) is 2.01. The summed E-state index contributed by atoms with van der Waals surface area (Å²) in [5.41, 5.74) is 1.47. The smallest absolute Gasteiger partial charge is 0.229 e. The monoisotopic (exact) mass is 322 g/mol. The van der Waals surface area contributed by atoms with Gasteiger partial charge in [0.15, 0.2) is 5.82 Å². The third-order valence-electron chi connectivity index (χ3n) is 3.66. The zero-order valence-corrected chi connectivity index (χ0v) is 13.6. The van der Waals surface area contributed by atoms with Crippen molar-refractivity contribution in [3.8, 4) is 11.6 Å². The Hall–Kier alpha value is -3.15. The first-order chi connectivity index (χ1) is 11.7. The van der Waals surface area contributed by atoms with Gasteiger partial charge in [-0.3, -0.25) is 9.36 Å². The number of benzene rings is 1. The van der Waals surface area contributed by atoms with Gasteiger partial charge in [-0.15, -0.1) is 0 Å². The van der Waals surface area contributed by atoms with Crippen LogP contribution in [0.3, 0.4) is 0 Å². The molecule has 0 saturated carbocycles. The molecule has 6 nitrogen and oxygen atoms in total. The molecule has 0 bridgehead atoms. The first kappa shape index (κ1) is 15.7. The molecule has 0 saturated heterocycles. The summed E-state index contributed by atoms with van der Waals surface area (Å²) >= 11 is 0. The summed E-state index contributed by atoms with van der Waals surface area (Å²) < 4.78 is 7.12. The maximum atomic E-state index is 12.4. The number of hydrogen-bond donors (Lipinski definition) is 1. The lowest BCUT2D eigenvalue weighted by molar-refractivity contribution is -0.115. The number of amides is 1. The van der Waals surface area contributed by atoms with E-state index in [1.165, 1.54) is 0 Å². The number of imidazole rings is 1. The zero-order chi connectivity index (χ0) is 16.9. The molecule has 122 valence electrons. The predicted molar refractivity (Wildman–Crippen MR) is 91.4 cm³/mol. The van der Waals surface area contributed by atoms with E-state index in [2.05, 4.69) is 15.3 Å². The molecule has 0 spiro atoms. The molecule has 0 radical (unpaired) electrons. The van der Waals surface area contributed by atoms with Gasteiger partial charge in [0.05, 0.1) is 19.2 Å². The van der Waals surface area contributed by atoms with Gasteiger partial charge in [0, 0.05) is 24.2 Å². The number of rotatable bonds is 5. The second-order valence-electron chi connectivity index (χ2n) is 5.26. The van der Waals surface area contributed by atoms with Gasteiger partial charge >= 0.3 is 0 Å². The lowest BCUT2D eigenvalue weighted by Crippen LogP contribution is -2.17. The summed E-state index contributed by atoms with van der Waals surface area (Å²) in [5, 5.41) is 2.92. The Balaban J connectivity index is 1.82. The van der Waals surface area contributed by atoms with Crippen LogP contribution in [0.15, 0.2) is 55.0 Å². The number of methoxy groups -OCH3 is 1. The summed E-state index contributed by atoms with van der Waals surface area (Å²) in [6, 6.07) is 11.1. The van der Waals surface area contributed by atoms with E-state index in [9.17, 15) is 4.79 Å². The highest BCUT2D eigenvalue weighted by molar-refractivity contribution is 5.94. The van der Waals surface area contributed by atoms with Crippen molar-refractivity contribution in [3.63, 3.8) is 0 Å². The van der Waals surface area contributed by atoms with Crippen LogP contribution in [0.25, 0.3) is 5.82 Å². The first-order valence-electron chi connectivity index (χ1n) is 7.56. The SMILES string of the molecule is COc1ccccc1CC(=O)Nc1cccnc1-n1ccnc1C. The maximum absolute atomic E-state index is 12.4. The molecular weight excluding hydrogens is 304 g/mol. The molecule has 2 heterocycles. The van der Waals surface area contributed by atoms with Crippen LogP contribution >= 0.6 is 0 Å². The Morgan fingerprint density at radius 2 is 2.00 bits per heavy atom. The second-order valence-corrected chi connectivity index (χ2v) is 5.26. The van der Waals surface area contributed by atoms with Crippen molar-refractivity contribution in [3.05, 3.63) is 66.4 Å². The van der Waals surface area contributed by atoms with E-state index in [-0.39, 0.29) is 12.3 Å². The molecule has 0 unspecified atom stereocenters. The third kappa shape index (κ3) is 3.27. The lowest BCUT2D eigenvalue weighted by atomic mass is 10.1. The van der Waals surface area contributed by atoms with E-state index < -0.39 is 0 Å². The van der Waals surface area contributed by atoms with Crippen molar-refractivity contribution < 1.29 is 9.53 Å². The fourth-order valence-corrected chi connectivity index (χ4v) is 2.50. The quantitative estimate of drug-likeness (QED) is 0.784. The van der Waals surface area contributed by atoms with Gasteiger partial charge < -0.3 is 10.1 Å². The number of carbonyl (C=O) groups is 1. The number of ether oxygens (including phenoxy) is 1. The molecular formula is C18H18N4O2. The number of anilines is 1. The minimum absolute atomic E-state index is 0.133. The van der Waals surface area contributed by atoms with Crippen LogP contribution in [0.4, 0.5) is 5.69 Å². The van der Waals surface area contributed by atoms with E-state index in [0.29, 0.717) is 17.3 Å². The molecule has 6 heteroatoms. The lowest BCUT2D eigenvalue weighted by Gasteiger charge is -2.12. The van der Waals surface area contributed by atoms with Crippen LogP contribution in [-0.2, 0) is 11.2 Å². The van der Waals surface area contributed by atoms with Crippen molar-refractivity contribution in [2.75, 3.05) is 12.4 Å². The Labute approximate surface area is 140 Å². The van der Waals surface area contributed by atoms with E-state index in [0.717, 1.165) is 11.4 Å². The molecule has 0 aliphatic rings. The van der Waals surface area contributed by atoms with Crippen molar-refractivity contribution in [1.29, 1.82) is 0 Å². The number of nitrogens with zero attached hydrogens (tertiary/aromatic N) is 3. The summed E-state index contributed by atoms with van der Waals surface area (Å²) in [7, 11) is 1.60. The van der Waals surface area contributed by atoms with Gasteiger partial charge in [0.2, 0.25) is 5.91 Å². The summed E-state index contributed by atoms with van der Waals surface area (Å²) in [6.07, 6.45) is 5.42. The second kappa shape index (κ2) is 6.95. The fraction of sp³-hybridized carbons (Fsp3) is 0.167. The number of hydrogen-bond acceptors (Lipinski definition) is 4. The number of aryl methyl sites for hydroxylation is 1. The average molecular weight is 322 g/mol. The summed E-state index contributed by atoms with van der Waals surface area (Å²) in [6.45, 7) is 1.88. The Bertz CT molecular complexity index is 857. The molecule has 1 aromatic carbocycles. The highest BCUT2D eigenvalue weighted by Crippen LogP contribution is 2.21. The van der Waals surface area contributed by atoms with Crippen molar-refractivity contribution >= 4 is 11.6 Å². The van der Waals surface area contributed by atoms with Crippen LogP contribution in [0.2, 0.25) is 0 Å². The molecule has 2 aromatic heterocycles. The number of para-hydroxylation sites is 1. The Morgan fingerprint density at radius 3 is 2.75 bits per heavy atom. The fourth-order valence-electron chi connectivity index (χ4n) is 2.50. The van der Waals surface area contributed by atoms with E-state index in [1.54, 1.807) is 25.6 Å². The Morgan fingerprint density at radius 1 is 1.17 bits per heavy atom. The predicted octanol–water partition coefficient (Wildman–Crippen LogP) is 2.77. The van der Waals surface area contributed by atoms with E-state index >= 15 is 0 Å². The Kier molecular flexibility index (Phi) is 4.56.